The zero-order valence-electron chi connectivity index (χ0n) is 12.0. The highest BCUT2D eigenvalue weighted by Crippen LogP contribution is 2.21. The number of nitrogens with zero attached hydrogens (tertiary/aromatic N) is 1. The van der Waals surface area contributed by atoms with Crippen molar-refractivity contribution in [1.82, 2.24) is 10.3 Å². The number of fused-ring (bicyclic) bond motifs is 1. The normalized spacial score (nSPS) is 12.3. The molecular weight excluding hydrogens is 232 g/mol. The van der Waals surface area contributed by atoms with Crippen molar-refractivity contribution >= 4 is 16.8 Å². The quantitative estimate of drug-likeness (QED) is 0.875. The predicted octanol–water partition coefficient (Wildman–Crippen LogP) is 3.88. The third kappa shape index (κ3) is 3.42. The maximum Gasteiger partial charge on any atom is 0.0346 e. The summed E-state index contributed by atoms with van der Waals surface area (Å²) < 4.78 is 0. The second kappa shape index (κ2) is 6.48. The number of hydrogen-bond acceptors (Lipinski definition) is 2. The SMILES string of the molecule is CCNC/C(=C/c1cncc2ccccc12)C(C)C. The van der Waals surface area contributed by atoms with Crippen LogP contribution >= 0.6 is 0 Å². The van der Waals surface area contributed by atoms with Gasteiger partial charge >= 0.3 is 0 Å². The fourth-order valence-electron chi connectivity index (χ4n) is 2.15. The van der Waals surface area contributed by atoms with E-state index in [1.54, 1.807) is 0 Å². The molecule has 2 heteroatoms. The van der Waals surface area contributed by atoms with Gasteiger partial charge in [-0.3, -0.25) is 4.98 Å². The van der Waals surface area contributed by atoms with Gasteiger partial charge < -0.3 is 5.32 Å². The van der Waals surface area contributed by atoms with Crippen molar-refractivity contribution in [3.63, 3.8) is 0 Å². The Bertz CT molecular complexity index is 565. The van der Waals surface area contributed by atoms with E-state index in [-0.39, 0.29) is 0 Å². The molecular formula is C17H22N2. The molecule has 1 aromatic carbocycles. The maximum absolute atomic E-state index is 4.34. The Morgan fingerprint density at radius 2 is 2.05 bits per heavy atom. The van der Waals surface area contributed by atoms with E-state index in [0.717, 1.165) is 13.1 Å². The van der Waals surface area contributed by atoms with Gasteiger partial charge in [0, 0.05) is 29.9 Å². The number of benzene rings is 1. The summed E-state index contributed by atoms with van der Waals surface area (Å²) in [4.78, 5) is 4.34. The summed E-state index contributed by atoms with van der Waals surface area (Å²) in [5.74, 6) is 0.540. The average Bonchev–Trinajstić information content (AvgIpc) is 2.43. The Kier molecular flexibility index (Phi) is 4.69. The highest BCUT2D eigenvalue weighted by molar-refractivity contribution is 5.89. The van der Waals surface area contributed by atoms with Crippen LogP contribution in [0.1, 0.15) is 26.3 Å². The molecule has 0 saturated carbocycles. The van der Waals surface area contributed by atoms with Crippen molar-refractivity contribution < 1.29 is 0 Å². The lowest BCUT2D eigenvalue weighted by Gasteiger charge is -2.12. The molecule has 0 aliphatic rings. The number of hydrogen-bond donors (Lipinski definition) is 1. The second-order valence-electron chi connectivity index (χ2n) is 5.10. The second-order valence-corrected chi connectivity index (χ2v) is 5.10. The Morgan fingerprint density at radius 1 is 1.26 bits per heavy atom. The molecule has 2 rings (SSSR count). The molecule has 0 fully saturated rings. The first-order chi connectivity index (χ1) is 9.22. The zero-order valence-corrected chi connectivity index (χ0v) is 12.0. The van der Waals surface area contributed by atoms with Gasteiger partial charge in [0.2, 0.25) is 0 Å². The summed E-state index contributed by atoms with van der Waals surface area (Å²) in [5.41, 5.74) is 2.62. The first kappa shape index (κ1) is 13.8. The van der Waals surface area contributed by atoms with E-state index in [2.05, 4.69) is 61.4 Å². The van der Waals surface area contributed by atoms with Crippen LogP contribution in [0.5, 0.6) is 0 Å². The predicted molar refractivity (Wildman–Crippen MR) is 83.1 cm³/mol. The first-order valence-electron chi connectivity index (χ1n) is 6.96. The molecule has 0 bridgehead atoms. The standard InChI is InChI=1S/C17H22N2/c1-4-18-11-15(13(2)3)9-16-12-19-10-14-7-5-6-8-17(14)16/h5-10,12-13,18H,4,11H2,1-3H3/b15-9-. The van der Waals surface area contributed by atoms with Crippen molar-refractivity contribution in [1.29, 1.82) is 0 Å². The van der Waals surface area contributed by atoms with E-state index in [1.165, 1.54) is 21.9 Å². The summed E-state index contributed by atoms with van der Waals surface area (Å²) in [5, 5.41) is 5.88. The summed E-state index contributed by atoms with van der Waals surface area (Å²) >= 11 is 0. The fraction of sp³-hybridized carbons (Fsp3) is 0.353. The number of rotatable bonds is 5. The van der Waals surface area contributed by atoms with Gasteiger partial charge in [0.25, 0.3) is 0 Å². The van der Waals surface area contributed by atoms with Crippen LogP contribution in [0.4, 0.5) is 0 Å². The van der Waals surface area contributed by atoms with Crippen LogP contribution in [0, 0.1) is 5.92 Å². The van der Waals surface area contributed by atoms with E-state index in [0.29, 0.717) is 5.92 Å². The molecule has 2 aromatic rings. The molecule has 19 heavy (non-hydrogen) atoms. The van der Waals surface area contributed by atoms with E-state index >= 15 is 0 Å². The molecule has 100 valence electrons. The van der Waals surface area contributed by atoms with E-state index in [4.69, 9.17) is 0 Å². The van der Waals surface area contributed by atoms with Crippen molar-refractivity contribution in [2.75, 3.05) is 13.1 Å². The molecule has 0 atom stereocenters. The van der Waals surface area contributed by atoms with Gasteiger partial charge in [-0.05, 0) is 17.8 Å². The van der Waals surface area contributed by atoms with Crippen LogP contribution < -0.4 is 5.32 Å². The molecule has 0 aliphatic carbocycles. The van der Waals surface area contributed by atoms with Crippen LogP contribution in [-0.4, -0.2) is 18.1 Å². The largest absolute Gasteiger partial charge is 0.313 e. The minimum Gasteiger partial charge on any atom is -0.313 e. The summed E-state index contributed by atoms with van der Waals surface area (Å²) in [6, 6.07) is 8.41. The Balaban J connectivity index is 2.42. The number of nitrogens with one attached hydrogen (secondary N) is 1. The zero-order chi connectivity index (χ0) is 13.7. The maximum atomic E-state index is 4.34. The van der Waals surface area contributed by atoms with E-state index in [1.807, 2.05) is 12.4 Å². The molecule has 1 heterocycles. The third-order valence-electron chi connectivity index (χ3n) is 3.36. The first-order valence-corrected chi connectivity index (χ1v) is 6.96. The minimum atomic E-state index is 0.540. The smallest absolute Gasteiger partial charge is 0.0346 e. The topological polar surface area (TPSA) is 24.9 Å². The lowest BCUT2D eigenvalue weighted by atomic mass is 9.98. The lowest BCUT2D eigenvalue weighted by molar-refractivity contribution is 0.682. The van der Waals surface area contributed by atoms with Crippen LogP contribution in [0.2, 0.25) is 0 Å². The Hall–Kier alpha value is -1.67. The highest BCUT2D eigenvalue weighted by atomic mass is 14.8. The summed E-state index contributed by atoms with van der Waals surface area (Å²) in [6.07, 6.45) is 6.16. The highest BCUT2D eigenvalue weighted by Gasteiger charge is 2.05. The van der Waals surface area contributed by atoms with Gasteiger partial charge in [0.15, 0.2) is 0 Å². The molecule has 0 aliphatic heterocycles. The van der Waals surface area contributed by atoms with Gasteiger partial charge in [0.05, 0.1) is 0 Å². The van der Waals surface area contributed by atoms with Crippen LogP contribution in [0.15, 0.2) is 42.2 Å². The van der Waals surface area contributed by atoms with Crippen LogP contribution in [0.25, 0.3) is 16.8 Å². The molecule has 2 nitrogen and oxygen atoms in total. The molecule has 1 aromatic heterocycles. The number of pyridine rings is 1. The molecule has 0 radical (unpaired) electrons. The molecule has 1 N–H and O–H groups in total. The third-order valence-corrected chi connectivity index (χ3v) is 3.36. The van der Waals surface area contributed by atoms with Crippen molar-refractivity contribution in [2.45, 2.75) is 20.8 Å². The Morgan fingerprint density at radius 3 is 2.79 bits per heavy atom. The molecule has 0 unspecified atom stereocenters. The minimum absolute atomic E-state index is 0.540. The monoisotopic (exact) mass is 254 g/mol. The summed E-state index contributed by atoms with van der Waals surface area (Å²) in [7, 11) is 0. The lowest BCUT2D eigenvalue weighted by Crippen LogP contribution is -2.18. The van der Waals surface area contributed by atoms with Crippen LogP contribution in [-0.2, 0) is 0 Å². The Labute approximate surface area is 115 Å². The van der Waals surface area contributed by atoms with Crippen molar-refractivity contribution in [3.8, 4) is 0 Å². The van der Waals surface area contributed by atoms with Crippen molar-refractivity contribution in [3.05, 3.63) is 47.8 Å². The molecule has 0 saturated heterocycles. The number of likely N-dealkylation sites (N-methyl/N-ethyl adjacent to an activating group) is 1. The fourth-order valence-corrected chi connectivity index (χ4v) is 2.15. The van der Waals surface area contributed by atoms with Gasteiger partial charge in [-0.2, -0.15) is 0 Å². The van der Waals surface area contributed by atoms with Crippen molar-refractivity contribution in [2.24, 2.45) is 5.92 Å². The van der Waals surface area contributed by atoms with Gasteiger partial charge in [-0.25, -0.2) is 0 Å². The van der Waals surface area contributed by atoms with Gasteiger partial charge in [-0.1, -0.05) is 56.7 Å². The molecule has 0 spiro atoms. The van der Waals surface area contributed by atoms with Gasteiger partial charge in [0.1, 0.15) is 0 Å². The number of aromatic nitrogens is 1. The van der Waals surface area contributed by atoms with E-state index < -0.39 is 0 Å². The van der Waals surface area contributed by atoms with Crippen LogP contribution in [0.3, 0.4) is 0 Å². The molecule has 0 amide bonds. The summed E-state index contributed by atoms with van der Waals surface area (Å²) in [6.45, 7) is 8.55. The van der Waals surface area contributed by atoms with E-state index in [9.17, 15) is 0 Å². The van der Waals surface area contributed by atoms with Gasteiger partial charge in [-0.15, -0.1) is 0 Å². The average molecular weight is 254 g/mol.